The second-order valence-corrected chi connectivity index (χ2v) is 3.32. The van der Waals surface area contributed by atoms with Crippen molar-refractivity contribution in [2.75, 3.05) is 0 Å². The van der Waals surface area contributed by atoms with Crippen molar-refractivity contribution >= 4 is 0 Å². The Balaban J connectivity index is 1.92. The van der Waals surface area contributed by atoms with E-state index in [-0.39, 0.29) is 0 Å². The molecular weight excluding hydrogens is 100 g/mol. The molecule has 0 radical (unpaired) electrons. The Morgan fingerprint density at radius 3 is 2.25 bits per heavy atom. The maximum absolute atomic E-state index is 5.39. The lowest BCUT2D eigenvalue weighted by Crippen LogP contribution is -2.31. The molecule has 8 heavy (non-hydrogen) atoms. The molecular formula is C7H10O. The van der Waals surface area contributed by atoms with E-state index >= 15 is 0 Å². The molecule has 1 nitrogen and oxygen atoms in total. The van der Waals surface area contributed by atoms with Crippen LogP contribution in [-0.4, -0.2) is 12.2 Å². The third-order valence-corrected chi connectivity index (χ3v) is 3.03. The van der Waals surface area contributed by atoms with Crippen LogP contribution in [0.5, 0.6) is 0 Å². The van der Waals surface area contributed by atoms with Crippen LogP contribution in [0.25, 0.3) is 0 Å². The van der Waals surface area contributed by atoms with E-state index in [4.69, 9.17) is 4.74 Å². The minimum atomic E-state index is 0.752. The van der Waals surface area contributed by atoms with Crippen molar-refractivity contribution in [2.45, 2.75) is 31.5 Å². The Morgan fingerprint density at radius 1 is 1.00 bits per heavy atom. The SMILES string of the molecule is C1C[C@@H]2[C@H](C1)[C@H]1O[C@@H]21. The summed E-state index contributed by atoms with van der Waals surface area (Å²) < 4.78 is 5.39. The molecule has 0 aromatic heterocycles. The highest BCUT2D eigenvalue weighted by molar-refractivity contribution is 5.11. The van der Waals surface area contributed by atoms with Gasteiger partial charge >= 0.3 is 0 Å². The lowest BCUT2D eigenvalue weighted by atomic mass is 9.77. The Bertz CT molecular complexity index is 118. The van der Waals surface area contributed by atoms with E-state index in [9.17, 15) is 0 Å². The lowest BCUT2D eigenvalue weighted by Gasteiger charge is -2.23. The van der Waals surface area contributed by atoms with Crippen LogP contribution in [-0.2, 0) is 4.74 Å². The van der Waals surface area contributed by atoms with E-state index in [1.165, 1.54) is 19.3 Å². The smallest absolute Gasteiger partial charge is 0.0876 e. The van der Waals surface area contributed by atoms with E-state index in [1.54, 1.807) is 0 Å². The summed E-state index contributed by atoms with van der Waals surface area (Å²) in [5.74, 6) is 2.03. The maximum Gasteiger partial charge on any atom is 0.0876 e. The van der Waals surface area contributed by atoms with Crippen LogP contribution < -0.4 is 0 Å². The molecule has 3 rings (SSSR count). The van der Waals surface area contributed by atoms with Crippen molar-refractivity contribution in [2.24, 2.45) is 11.8 Å². The second-order valence-electron chi connectivity index (χ2n) is 3.32. The second kappa shape index (κ2) is 0.971. The van der Waals surface area contributed by atoms with Gasteiger partial charge in [-0.3, -0.25) is 0 Å². The number of epoxide rings is 1. The fourth-order valence-electron chi connectivity index (χ4n) is 2.51. The monoisotopic (exact) mass is 110 g/mol. The van der Waals surface area contributed by atoms with Crippen LogP contribution >= 0.6 is 0 Å². The van der Waals surface area contributed by atoms with Gasteiger partial charge in [0.05, 0.1) is 12.2 Å². The molecule has 1 heterocycles. The third kappa shape index (κ3) is 0.255. The summed E-state index contributed by atoms with van der Waals surface area (Å²) in [6, 6.07) is 0. The molecule has 0 amide bonds. The molecule has 0 N–H and O–H groups in total. The van der Waals surface area contributed by atoms with Gasteiger partial charge < -0.3 is 4.74 Å². The quantitative estimate of drug-likeness (QED) is 0.427. The Labute approximate surface area is 49.0 Å². The van der Waals surface area contributed by atoms with Crippen LogP contribution in [0.3, 0.4) is 0 Å². The number of hydrogen-bond acceptors (Lipinski definition) is 1. The zero-order valence-corrected chi connectivity index (χ0v) is 4.84. The molecule has 44 valence electrons. The summed E-state index contributed by atoms with van der Waals surface area (Å²) in [4.78, 5) is 0. The van der Waals surface area contributed by atoms with E-state index in [2.05, 4.69) is 0 Å². The first-order valence-electron chi connectivity index (χ1n) is 3.62. The summed E-state index contributed by atoms with van der Waals surface area (Å²) in [5.41, 5.74) is 0. The third-order valence-electron chi connectivity index (χ3n) is 3.03. The molecule has 1 heteroatoms. The van der Waals surface area contributed by atoms with Crippen molar-refractivity contribution in [3.8, 4) is 0 Å². The van der Waals surface area contributed by atoms with Crippen LogP contribution in [0.15, 0.2) is 0 Å². The highest BCUT2D eigenvalue weighted by atomic mass is 16.6. The molecule has 0 bridgehead atoms. The normalized spacial score (nSPS) is 66.0. The van der Waals surface area contributed by atoms with Gasteiger partial charge in [-0.25, -0.2) is 0 Å². The molecule has 3 fully saturated rings. The number of fused-ring (bicyclic) bond motifs is 4. The van der Waals surface area contributed by atoms with Gasteiger partial charge in [-0.05, 0) is 24.7 Å². The number of ether oxygens (including phenoxy) is 1. The number of rotatable bonds is 0. The van der Waals surface area contributed by atoms with E-state index in [0.29, 0.717) is 0 Å². The van der Waals surface area contributed by atoms with Gasteiger partial charge in [0, 0.05) is 0 Å². The minimum absolute atomic E-state index is 0.752. The van der Waals surface area contributed by atoms with Gasteiger partial charge in [0.1, 0.15) is 0 Å². The molecule has 2 saturated carbocycles. The van der Waals surface area contributed by atoms with Gasteiger partial charge in [0.2, 0.25) is 0 Å². The Morgan fingerprint density at radius 2 is 1.62 bits per heavy atom. The van der Waals surface area contributed by atoms with Crippen LogP contribution in [0, 0.1) is 11.8 Å². The van der Waals surface area contributed by atoms with Gasteiger partial charge in [0.15, 0.2) is 0 Å². The molecule has 4 atom stereocenters. The minimum Gasteiger partial charge on any atom is -0.369 e. The predicted octanol–water partition coefficient (Wildman–Crippen LogP) is 1.18. The average Bonchev–Trinajstić information content (AvgIpc) is 2.34. The van der Waals surface area contributed by atoms with Gasteiger partial charge in [-0.2, -0.15) is 0 Å². The van der Waals surface area contributed by atoms with Crippen molar-refractivity contribution in [1.29, 1.82) is 0 Å². The highest BCUT2D eigenvalue weighted by Crippen LogP contribution is 2.59. The van der Waals surface area contributed by atoms with Gasteiger partial charge in [-0.15, -0.1) is 0 Å². The van der Waals surface area contributed by atoms with Crippen LogP contribution in [0.4, 0.5) is 0 Å². The molecule has 0 aromatic carbocycles. The van der Waals surface area contributed by atoms with Gasteiger partial charge in [-0.1, -0.05) is 6.42 Å². The fourth-order valence-corrected chi connectivity index (χ4v) is 2.51. The molecule has 3 aliphatic rings. The standard InChI is InChI=1S/C7H10O/c1-2-4-5(3-1)7-6(4)8-7/h4-7H,1-3H2/t4-,5+,6+,7-. The topological polar surface area (TPSA) is 12.5 Å². The lowest BCUT2D eigenvalue weighted by molar-refractivity contribution is 0.290. The van der Waals surface area contributed by atoms with Crippen LogP contribution in [0.2, 0.25) is 0 Å². The summed E-state index contributed by atoms with van der Waals surface area (Å²) in [7, 11) is 0. The highest BCUT2D eigenvalue weighted by Gasteiger charge is 2.64. The van der Waals surface area contributed by atoms with Crippen molar-refractivity contribution in [1.82, 2.24) is 0 Å². The summed E-state index contributed by atoms with van der Waals surface area (Å²) in [6.45, 7) is 0. The first-order valence-corrected chi connectivity index (χ1v) is 3.62. The summed E-state index contributed by atoms with van der Waals surface area (Å²) in [6.07, 6.45) is 5.91. The van der Waals surface area contributed by atoms with Gasteiger partial charge in [0.25, 0.3) is 0 Å². The summed E-state index contributed by atoms with van der Waals surface area (Å²) in [5, 5.41) is 0. The van der Waals surface area contributed by atoms with Crippen molar-refractivity contribution in [3.05, 3.63) is 0 Å². The van der Waals surface area contributed by atoms with E-state index in [1.807, 2.05) is 0 Å². The molecule has 0 unspecified atom stereocenters. The van der Waals surface area contributed by atoms with Crippen molar-refractivity contribution < 1.29 is 4.74 Å². The van der Waals surface area contributed by atoms with E-state index in [0.717, 1.165) is 24.0 Å². The maximum atomic E-state index is 5.39. The first kappa shape index (κ1) is 3.89. The predicted molar refractivity (Wildman–Crippen MR) is 29.5 cm³/mol. The molecule has 1 saturated heterocycles. The fraction of sp³-hybridized carbons (Fsp3) is 1.00. The van der Waals surface area contributed by atoms with E-state index < -0.39 is 0 Å². The Hall–Kier alpha value is -0.0400. The number of hydrogen-bond donors (Lipinski definition) is 0. The van der Waals surface area contributed by atoms with Crippen LogP contribution in [0.1, 0.15) is 19.3 Å². The summed E-state index contributed by atoms with van der Waals surface area (Å²) >= 11 is 0. The zero-order chi connectivity index (χ0) is 5.14. The molecule has 2 aliphatic carbocycles. The van der Waals surface area contributed by atoms with Crippen molar-refractivity contribution in [3.63, 3.8) is 0 Å². The molecule has 0 aromatic rings. The average molecular weight is 110 g/mol. The first-order chi connectivity index (χ1) is 3.97. The molecule has 0 spiro atoms. The Kier molecular flexibility index (Phi) is 0.472. The largest absolute Gasteiger partial charge is 0.369 e. The zero-order valence-electron chi connectivity index (χ0n) is 4.84. The molecule has 1 aliphatic heterocycles.